The van der Waals surface area contributed by atoms with Crippen LogP contribution in [0, 0.1) is 0 Å². The van der Waals surface area contributed by atoms with E-state index in [1.54, 1.807) is 55.1 Å². The van der Waals surface area contributed by atoms with E-state index < -0.39 is 6.04 Å². The molecule has 4 aromatic rings. The summed E-state index contributed by atoms with van der Waals surface area (Å²) in [6.07, 6.45) is 1.63. The standard InChI is InChI=1S/C21H14N2O4S/c1-26-13-8-6-12(7-9-13)17-16-18(24)14-4-2-3-5-15(14)27-19(16)20(25)23(17)21-22-10-11-28-21/h2-11,17H,1H3/t17-/m0/s1. The van der Waals surface area contributed by atoms with Crippen LogP contribution >= 0.6 is 11.3 Å². The molecule has 6 nitrogen and oxygen atoms in total. The summed E-state index contributed by atoms with van der Waals surface area (Å²) in [5, 5.41) is 2.76. The van der Waals surface area contributed by atoms with Gasteiger partial charge in [0.1, 0.15) is 11.3 Å². The zero-order valence-corrected chi connectivity index (χ0v) is 15.6. The van der Waals surface area contributed by atoms with Crippen molar-refractivity contribution in [2.75, 3.05) is 12.0 Å². The highest BCUT2D eigenvalue weighted by Crippen LogP contribution is 2.42. The summed E-state index contributed by atoms with van der Waals surface area (Å²) in [5.74, 6) is 0.396. The van der Waals surface area contributed by atoms with E-state index in [1.165, 1.54) is 16.2 Å². The van der Waals surface area contributed by atoms with Gasteiger partial charge in [0, 0.05) is 11.6 Å². The van der Waals surface area contributed by atoms with Gasteiger partial charge < -0.3 is 9.15 Å². The van der Waals surface area contributed by atoms with Gasteiger partial charge in [-0.15, -0.1) is 11.3 Å². The van der Waals surface area contributed by atoms with Crippen molar-refractivity contribution in [1.82, 2.24) is 4.98 Å². The average molecular weight is 390 g/mol. The number of aromatic nitrogens is 1. The molecule has 3 heterocycles. The van der Waals surface area contributed by atoms with Crippen molar-refractivity contribution in [3.05, 3.63) is 87.2 Å². The zero-order valence-electron chi connectivity index (χ0n) is 14.8. The molecule has 1 atom stereocenters. The fraction of sp³-hybridized carbons (Fsp3) is 0.0952. The molecule has 5 rings (SSSR count). The second-order valence-corrected chi connectivity index (χ2v) is 7.21. The molecule has 2 aromatic carbocycles. The van der Waals surface area contributed by atoms with Gasteiger partial charge in [-0.2, -0.15) is 0 Å². The fourth-order valence-corrected chi connectivity index (χ4v) is 4.22. The van der Waals surface area contributed by atoms with Crippen LogP contribution in [0.2, 0.25) is 0 Å². The minimum absolute atomic E-state index is 0.0692. The van der Waals surface area contributed by atoms with Gasteiger partial charge in [0.2, 0.25) is 5.76 Å². The van der Waals surface area contributed by atoms with Crippen LogP contribution in [0.3, 0.4) is 0 Å². The predicted octanol–water partition coefficient (Wildman–Crippen LogP) is 4.01. The second-order valence-electron chi connectivity index (χ2n) is 6.34. The van der Waals surface area contributed by atoms with Gasteiger partial charge >= 0.3 is 0 Å². The highest BCUT2D eigenvalue weighted by molar-refractivity contribution is 7.13. The Morgan fingerprint density at radius 2 is 1.89 bits per heavy atom. The summed E-state index contributed by atoms with van der Waals surface area (Å²) in [6.45, 7) is 0. The SMILES string of the molecule is COc1ccc([C@H]2c3c(oc4ccccc4c3=O)C(=O)N2c2nccs2)cc1. The van der Waals surface area contributed by atoms with Gasteiger partial charge in [-0.3, -0.25) is 14.5 Å². The van der Waals surface area contributed by atoms with Gasteiger partial charge in [0.15, 0.2) is 10.6 Å². The molecule has 1 amide bonds. The quantitative estimate of drug-likeness (QED) is 0.529. The number of ether oxygens (including phenoxy) is 1. The lowest BCUT2D eigenvalue weighted by Crippen LogP contribution is -2.29. The first kappa shape index (κ1) is 16.7. The Hall–Kier alpha value is -3.45. The summed E-state index contributed by atoms with van der Waals surface area (Å²) in [4.78, 5) is 32.4. The molecule has 0 saturated heterocycles. The maximum Gasteiger partial charge on any atom is 0.297 e. The number of thiazole rings is 1. The van der Waals surface area contributed by atoms with Crippen molar-refractivity contribution < 1.29 is 13.9 Å². The van der Waals surface area contributed by atoms with Gasteiger partial charge in [-0.05, 0) is 29.8 Å². The summed E-state index contributed by atoms with van der Waals surface area (Å²) < 4.78 is 11.1. The molecule has 0 N–H and O–H groups in total. The smallest absolute Gasteiger partial charge is 0.297 e. The lowest BCUT2D eigenvalue weighted by Gasteiger charge is -2.22. The Bertz CT molecular complexity index is 1250. The van der Waals surface area contributed by atoms with E-state index in [0.29, 0.717) is 27.4 Å². The van der Waals surface area contributed by atoms with Gasteiger partial charge in [-0.25, -0.2) is 4.98 Å². The normalized spacial score (nSPS) is 15.8. The van der Waals surface area contributed by atoms with E-state index in [4.69, 9.17) is 9.15 Å². The number of amides is 1. The summed E-state index contributed by atoms with van der Waals surface area (Å²) in [5.41, 5.74) is 1.31. The molecule has 1 aliphatic heterocycles. The molecule has 2 aromatic heterocycles. The highest BCUT2D eigenvalue weighted by Gasteiger charge is 2.44. The molecule has 0 saturated carbocycles. The summed E-state index contributed by atoms with van der Waals surface area (Å²) in [6, 6.07) is 13.7. The van der Waals surface area contributed by atoms with Crippen LogP contribution in [0.1, 0.15) is 27.7 Å². The third-order valence-corrected chi connectivity index (χ3v) is 5.61. The monoisotopic (exact) mass is 390 g/mol. The van der Waals surface area contributed by atoms with Crippen LogP contribution in [0.5, 0.6) is 5.75 Å². The minimum Gasteiger partial charge on any atom is -0.497 e. The first-order valence-corrected chi connectivity index (χ1v) is 9.49. The Labute approximate surface area is 163 Å². The number of benzene rings is 2. The molecule has 138 valence electrons. The number of para-hydroxylation sites is 1. The molecule has 0 spiro atoms. The van der Waals surface area contributed by atoms with E-state index in [0.717, 1.165) is 5.56 Å². The van der Waals surface area contributed by atoms with Crippen molar-refractivity contribution >= 4 is 33.3 Å². The van der Waals surface area contributed by atoms with Crippen LogP contribution in [-0.2, 0) is 0 Å². The average Bonchev–Trinajstić information content (AvgIpc) is 3.35. The van der Waals surface area contributed by atoms with Crippen molar-refractivity contribution in [3.8, 4) is 5.75 Å². The Morgan fingerprint density at radius 1 is 1.11 bits per heavy atom. The van der Waals surface area contributed by atoms with E-state index >= 15 is 0 Å². The lowest BCUT2D eigenvalue weighted by atomic mass is 9.98. The summed E-state index contributed by atoms with van der Waals surface area (Å²) >= 11 is 1.34. The number of hydrogen-bond donors (Lipinski definition) is 0. The number of carbonyl (C=O) groups excluding carboxylic acids is 1. The maximum absolute atomic E-state index is 13.3. The molecule has 0 unspecified atom stereocenters. The first-order valence-electron chi connectivity index (χ1n) is 8.62. The fourth-order valence-electron chi connectivity index (χ4n) is 3.55. The van der Waals surface area contributed by atoms with E-state index in [2.05, 4.69) is 4.98 Å². The number of fused-ring (bicyclic) bond motifs is 2. The summed E-state index contributed by atoms with van der Waals surface area (Å²) in [7, 11) is 1.59. The Kier molecular flexibility index (Phi) is 3.77. The minimum atomic E-state index is -0.611. The highest BCUT2D eigenvalue weighted by atomic mass is 32.1. The molecule has 0 fully saturated rings. The maximum atomic E-state index is 13.3. The second kappa shape index (κ2) is 6.31. The van der Waals surface area contributed by atoms with E-state index in [1.807, 2.05) is 12.1 Å². The largest absolute Gasteiger partial charge is 0.497 e. The number of methoxy groups -OCH3 is 1. The van der Waals surface area contributed by atoms with Crippen LogP contribution in [-0.4, -0.2) is 18.0 Å². The first-order chi connectivity index (χ1) is 13.7. The van der Waals surface area contributed by atoms with Crippen LogP contribution < -0.4 is 15.1 Å². The van der Waals surface area contributed by atoms with Crippen molar-refractivity contribution in [2.24, 2.45) is 0 Å². The third kappa shape index (κ3) is 2.36. The number of carbonyl (C=O) groups is 1. The molecule has 0 aliphatic carbocycles. The van der Waals surface area contributed by atoms with Crippen molar-refractivity contribution in [2.45, 2.75) is 6.04 Å². The molecule has 0 radical (unpaired) electrons. The molecular weight excluding hydrogens is 376 g/mol. The van der Waals surface area contributed by atoms with Crippen molar-refractivity contribution in [3.63, 3.8) is 0 Å². The van der Waals surface area contributed by atoms with Gasteiger partial charge in [0.05, 0.1) is 24.1 Å². The number of anilines is 1. The lowest BCUT2D eigenvalue weighted by molar-refractivity contribution is 0.0971. The molecule has 1 aliphatic rings. The number of rotatable bonds is 3. The number of nitrogens with zero attached hydrogens (tertiary/aromatic N) is 2. The zero-order chi connectivity index (χ0) is 19.3. The molecule has 7 heteroatoms. The number of hydrogen-bond acceptors (Lipinski definition) is 6. The Balaban J connectivity index is 1.80. The molecule has 28 heavy (non-hydrogen) atoms. The topological polar surface area (TPSA) is 72.6 Å². The molecule has 0 bridgehead atoms. The van der Waals surface area contributed by atoms with Gasteiger partial charge in [0.25, 0.3) is 5.91 Å². The Morgan fingerprint density at radius 3 is 2.61 bits per heavy atom. The van der Waals surface area contributed by atoms with E-state index in [9.17, 15) is 9.59 Å². The van der Waals surface area contributed by atoms with Crippen LogP contribution in [0.25, 0.3) is 11.0 Å². The van der Waals surface area contributed by atoms with Gasteiger partial charge in [-0.1, -0.05) is 24.3 Å². The predicted molar refractivity (Wildman–Crippen MR) is 106 cm³/mol. The van der Waals surface area contributed by atoms with Crippen molar-refractivity contribution in [1.29, 1.82) is 0 Å². The third-order valence-electron chi connectivity index (χ3n) is 4.83. The van der Waals surface area contributed by atoms with E-state index in [-0.39, 0.29) is 17.1 Å². The van der Waals surface area contributed by atoms with Crippen LogP contribution in [0.15, 0.2) is 69.3 Å². The molecular formula is C21H14N2O4S. The van der Waals surface area contributed by atoms with Crippen LogP contribution in [0.4, 0.5) is 5.13 Å².